The molecule has 0 fully saturated rings. The Balaban J connectivity index is 2.12. The van der Waals surface area contributed by atoms with Crippen molar-refractivity contribution in [2.24, 2.45) is 0 Å². The molecule has 1 aromatic heterocycles. The smallest absolute Gasteiger partial charge is 0.412 e. The molecule has 0 aliphatic carbocycles. The summed E-state index contributed by atoms with van der Waals surface area (Å²) in [5.74, 6) is 0.0159. The van der Waals surface area contributed by atoms with Crippen LogP contribution in [0.5, 0.6) is 5.88 Å². The molecule has 0 saturated carbocycles. The van der Waals surface area contributed by atoms with Gasteiger partial charge in [-0.05, 0) is 33.8 Å². The van der Waals surface area contributed by atoms with Gasteiger partial charge in [0, 0.05) is 12.6 Å². The number of nitrogens with one attached hydrogen (secondary N) is 2. The van der Waals surface area contributed by atoms with E-state index in [-0.39, 0.29) is 31.7 Å². The van der Waals surface area contributed by atoms with Gasteiger partial charge in [-0.25, -0.2) is 14.6 Å². The van der Waals surface area contributed by atoms with Gasteiger partial charge in [-0.15, -0.1) is 0 Å². The van der Waals surface area contributed by atoms with E-state index >= 15 is 0 Å². The lowest BCUT2D eigenvalue weighted by Gasteiger charge is -2.26. The summed E-state index contributed by atoms with van der Waals surface area (Å²) >= 11 is 0. The number of nitrogens with zero attached hydrogens (tertiary/aromatic N) is 2. The zero-order chi connectivity index (χ0) is 20.9. The van der Waals surface area contributed by atoms with Crippen LogP contribution < -0.4 is 15.4 Å². The van der Waals surface area contributed by atoms with Gasteiger partial charge in [0.05, 0.1) is 24.5 Å². The molecule has 10 nitrogen and oxygen atoms in total. The first-order valence-electron chi connectivity index (χ1n) is 8.84. The zero-order valence-electron chi connectivity index (χ0n) is 16.7. The quantitative estimate of drug-likeness (QED) is 0.803. The molecule has 0 bridgehead atoms. The lowest BCUT2D eigenvalue weighted by molar-refractivity contribution is -0.137. The van der Waals surface area contributed by atoms with Gasteiger partial charge in [0.2, 0.25) is 5.88 Å². The Morgan fingerprint density at radius 3 is 2.68 bits per heavy atom. The Labute approximate surface area is 163 Å². The molecule has 2 rings (SSSR count). The number of hydrogen-bond acceptors (Lipinski definition) is 7. The van der Waals surface area contributed by atoms with Gasteiger partial charge in [-0.1, -0.05) is 0 Å². The van der Waals surface area contributed by atoms with E-state index in [2.05, 4.69) is 15.6 Å². The summed E-state index contributed by atoms with van der Waals surface area (Å²) in [4.78, 5) is 41.4. The number of hydrogen-bond donors (Lipinski definition) is 2. The van der Waals surface area contributed by atoms with E-state index in [0.29, 0.717) is 17.1 Å². The van der Waals surface area contributed by atoms with Crippen LogP contribution in [0.3, 0.4) is 0 Å². The van der Waals surface area contributed by atoms with Crippen LogP contribution in [0.15, 0.2) is 12.3 Å². The second-order valence-corrected chi connectivity index (χ2v) is 7.32. The van der Waals surface area contributed by atoms with Gasteiger partial charge in [0.15, 0.2) is 6.61 Å². The van der Waals surface area contributed by atoms with Crippen LogP contribution >= 0.6 is 0 Å². The van der Waals surface area contributed by atoms with Crippen molar-refractivity contribution < 1.29 is 28.6 Å². The van der Waals surface area contributed by atoms with E-state index in [1.165, 1.54) is 18.1 Å². The largest absolute Gasteiger partial charge is 0.475 e. The van der Waals surface area contributed by atoms with Gasteiger partial charge in [-0.3, -0.25) is 10.1 Å². The van der Waals surface area contributed by atoms with E-state index in [1.807, 2.05) is 6.92 Å². The van der Waals surface area contributed by atoms with E-state index in [0.717, 1.165) is 0 Å². The molecule has 154 valence electrons. The number of amides is 3. The average Bonchev–Trinajstić information content (AvgIpc) is 2.76. The molecule has 28 heavy (non-hydrogen) atoms. The minimum atomic E-state index is -0.682. The van der Waals surface area contributed by atoms with Crippen molar-refractivity contribution in [1.29, 1.82) is 0 Å². The molecule has 2 N–H and O–H groups in total. The van der Waals surface area contributed by atoms with Crippen LogP contribution in [0.25, 0.3) is 0 Å². The Bertz CT molecular complexity index is 746. The highest BCUT2D eigenvalue weighted by Gasteiger charge is 2.27. The summed E-state index contributed by atoms with van der Waals surface area (Å²) in [7, 11) is 1.41. The van der Waals surface area contributed by atoms with Gasteiger partial charge in [0.1, 0.15) is 12.2 Å². The van der Waals surface area contributed by atoms with Crippen molar-refractivity contribution >= 4 is 23.8 Å². The number of carbonyl (C=O) groups excluding carboxylic acids is 3. The summed E-state index contributed by atoms with van der Waals surface area (Å²) in [6.45, 7) is 7.17. The van der Waals surface area contributed by atoms with Crippen LogP contribution in [0.4, 0.5) is 15.3 Å². The van der Waals surface area contributed by atoms with Crippen molar-refractivity contribution in [2.45, 2.75) is 45.9 Å². The number of anilines is 1. The molecular weight excluding hydrogens is 368 g/mol. The molecule has 0 saturated heterocycles. The number of aromatic nitrogens is 1. The fourth-order valence-corrected chi connectivity index (χ4v) is 2.48. The summed E-state index contributed by atoms with van der Waals surface area (Å²) in [6, 6.07) is 1.42. The van der Waals surface area contributed by atoms with Crippen molar-refractivity contribution in [3.63, 3.8) is 0 Å². The minimum Gasteiger partial charge on any atom is -0.475 e. The van der Waals surface area contributed by atoms with Crippen molar-refractivity contribution in [2.75, 3.05) is 25.6 Å². The number of carbonyl (C=O) groups is 3. The van der Waals surface area contributed by atoms with E-state index in [1.54, 1.807) is 26.8 Å². The van der Waals surface area contributed by atoms with Crippen LogP contribution in [-0.4, -0.2) is 59.9 Å². The third-order valence-corrected chi connectivity index (χ3v) is 3.76. The second kappa shape index (κ2) is 8.77. The minimum absolute atomic E-state index is 0.198. The second-order valence-electron chi connectivity index (χ2n) is 7.32. The first-order valence-corrected chi connectivity index (χ1v) is 8.84. The molecule has 2 heterocycles. The highest BCUT2D eigenvalue weighted by atomic mass is 16.6. The predicted molar refractivity (Wildman–Crippen MR) is 100 cm³/mol. The summed E-state index contributed by atoms with van der Waals surface area (Å²) in [5, 5.41) is 4.90. The fourth-order valence-electron chi connectivity index (χ4n) is 2.48. The number of fused-ring (bicyclic) bond motifs is 1. The monoisotopic (exact) mass is 394 g/mol. The highest BCUT2D eigenvalue weighted by Crippen LogP contribution is 2.26. The molecule has 1 aliphatic heterocycles. The lowest BCUT2D eigenvalue weighted by atomic mass is 10.2. The molecule has 0 aromatic carbocycles. The maximum absolute atomic E-state index is 12.5. The van der Waals surface area contributed by atoms with Gasteiger partial charge >= 0.3 is 12.2 Å². The first-order chi connectivity index (χ1) is 13.1. The number of rotatable bonds is 3. The number of alkyl carbamates (subject to hydrolysis) is 1. The summed E-state index contributed by atoms with van der Waals surface area (Å²) in [5.41, 5.74) is 0.404. The van der Waals surface area contributed by atoms with Crippen LogP contribution in [0, 0.1) is 0 Å². The Kier molecular flexibility index (Phi) is 6.66. The van der Waals surface area contributed by atoms with Crippen molar-refractivity contribution in [3.8, 4) is 5.88 Å². The lowest BCUT2D eigenvalue weighted by Crippen LogP contribution is -2.42. The topological polar surface area (TPSA) is 119 Å². The third-order valence-electron chi connectivity index (χ3n) is 3.76. The number of ether oxygens (including phenoxy) is 3. The molecule has 0 unspecified atom stereocenters. The number of pyridine rings is 1. The average molecular weight is 394 g/mol. The third kappa shape index (κ3) is 6.00. The molecule has 0 spiro atoms. The van der Waals surface area contributed by atoms with Crippen LogP contribution in [-0.2, 0) is 20.8 Å². The highest BCUT2D eigenvalue weighted by molar-refractivity contribution is 5.85. The summed E-state index contributed by atoms with van der Waals surface area (Å²) < 4.78 is 15.7. The Morgan fingerprint density at radius 2 is 2.04 bits per heavy atom. The standard InChI is InChI=1S/C18H26N4O6/c1-11-9-26-15-12(8-22(11)14(23)10-27-16(24)19-5)6-13(7-20-15)21-17(25)28-18(2,3)4/h6-7,11H,8-10H2,1-5H3,(H,19,24)(H,21,25)/t11-/m1/s1. The normalized spacial score (nSPS) is 16.2. The van der Waals surface area contributed by atoms with Crippen LogP contribution in [0.2, 0.25) is 0 Å². The van der Waals surface area contributed by atoms with Gasteiger partial charge in [-0.2, -0.15) is 0 Å². The molecule has 3 amide bonds. The predicted octanol–water partition coefficient (Wildman–Crippen LogP) is 1.89. The molecule has 10 heteroatoms. The SMILES string of the molecule is CNC(=O)OCC(=O)N1Cc2cc(NC(=O)OC(C)(C)C)cnc2OC[C@H]1C. The van der Waals surface area contributed by atoms with E-state index in [4.69, 9.17) is 14.2 Å². The maximum atomic E-state index is 12.5. The Hall–Kier alpha value is -3.04. The van der Waals surface area contributed by atoms with Gasteiger partial charge < -0.3 is 24.4 Å². The molecule has 1 aromatic rings. The van der Waals surface area contributed by atoms with E-state index < -0.39 is 17.8 Å². The Morgan fingerprint density at radius 1 is 1.32 bits per heavy atom. The van der Waals surface area contributed by atoms with Crippen molar-refractivity contribution in [3.05, 3.63) is 17.8 Å². The zero-order valence-corrected chi connectivity index (χ0v) is 16.7. The summed E-state index contributed by atoms with van der Waals surface area (Å²) in [6.07, 6.45) is 0.168. The van der Waals surface area contributed by atoms with Gasteiger partial charge in [0.25, 0.3) is 5.91 Å². The van der Waals surface area contributed by atoms with Crippen LogP contribution in [0.1, 0.15) is 33.3 Å². The van der Waals surface area contributed by atoms with Crippen molar-refractivity contribution in [1.82, 2.24) is 15.2 Å². The maximum Gasteiger partial charge on any atom is 0.412 e. The molecular formula is C18H26N4O6. The molecule has 1 aliphatic rings. The van der Waals surface area contributed by atoms with E-state index in [9.17, 15) is 14.4 Å². The fraction of sp³-hybridized carbons (Fsp3) is 0.556. The molecule has 0 radical (unpaired) electrons. The first kappa shape index (κ1) is 21.3. The molecule has 1 atom stereocenters.